The number of benzene rings is 2. The molecule has 0 aliphatic heterocycles. The molecule has 0 saturated heterocycles. The van der Waals surface area contributed by atoms with E-state index in [-0.39, 0.29) is 11.4 Å². The van der Waals surface area contributed by atoms with Gasteiger partial charge in [-0.2, -0.15) is 4.98 Å². The predicted octanol–water partition coefficient (Wildman–Crippen LogP) is 2.72. The highest BCUT2D eigenvalue weighted by Crippen LogP contribution is 2.23. The molecule has 140 valence electrons. The van der Waals surface area contributed by atoms with Gasteiger partial charge in [0.05, 0.1) is 11.1 Å². The van der Waals surface area contributed by atoms with Crippen molar-refractivity contribution in [1.29, 1.82) is 0 Å². The first kappa shape index (κ1) is 18.9. The van der Waals surface area contributed by atoms with E-state index < -0.39 is 10.0 Å². The highest BCUT2D eigenvalue weighted by molar-refractivity contribution is 7.89. The Morgan fingerprint density at radius 3 is 2.63 bits per heavy atom. The minimum Gasteiger partial charge on any atom is -0.399 e. The molecule has 0 unspecified atom stereocenters. The number of halogens is 1. The monoisotopic (exact) mass is 404 g/mol. The SMILES string of the molecule is Nc1cccc(Nc2ncc(Cl)c(NCc3ccccc3S(N)(=O)=O)n2)c1. The van der Waals surface area contributed by atoms with Crippen LogP contribution in [-0.2, 0) is 16.6 Å². The van der Waals surface area contributed by atoms with Crippen LogP contribution in [-0.4, -0.2) is 18.4 Å². The molecule has 0 aliphatic rings. The van der Waals surface area contributed by atoms with Crippen LogP contribution in [0.1, 0.15) is 5.56 Å². The van der Waals surface area contributed by atoms with Gasteiger partial charge >= 0.3 is 0 Å². The molecule has 0 atom stereocenters. The fraction of sp³-hybridized carbons (Fsp3) is 0.0588. The second-order valence-corrected chi connectivity index (χ2v) is 7.58. The van der Waals surface area contributed by atoms with Crippen LogP contribution in [0.3, 0.4) is 0 Å². The average molecular weight is 405 g/mol. The van der Waals surface area contributed by atoms with Crippen molar-refractivity contribution in [3.8, 4) is 0 Å². The molecule has 0 amide bonds. The molecule has 0 aliphatic carbocycles. The van der Waals surface area contributed by atoms with E-state index in [1.165, 1.54) is 12.3 Å². The number of hydrogen-bond acceptors (Lipinski definition) is 7. The number of primary sulfonamides is 1. The molecular formula is C17H17ClN6O2S. The minimum atomic E-state index is -3.83. The van der Waals surface area contributed by atoms with Crippen LogP contribution in [0.2, 0.25) is 5.02 Å². The quantitative estimate of drug-likeness (QED) is 0.463. The lowest BCUT2D eigenvalue weighted by Crippen LogP contribution is -2.16. The van der Waals surface area contributed by atoms with Crippen LogP contribution in [0.5, 0.6) is 0 Å². The van der Waals surface area contributed by atoms with E-state index in [4.69, 9.17) is 22.5 Å². The second kappa shape index (κ2) is 7.78. The molecule has 0 spiro atoms. The fourth-order valence-corrected chi connectivity index (χ4v) is 3.34. The molecule has 0 saturated carbocycles. The summed E-state index contributed by atoms with van der Waals surface area (Å²) in [6.45, 7) is 0.168. The first-order valence-electron chi connectivity index (χ1n) is 7.82. The van der Waals surface area contributed by atoms with E-state index in [0.717, 1.165) is 5.69 Å². The molecule has 1 heterocycles. The third-order valence-electron chi connectivity index (χ3n) is 3.61. The van der Waals surface area contributed by atoms with Gasteiger partial charge in [0.15, 0.2) is 5.82 Å². The second-order valence-electron chi connectivity index (χ2n) is 5.65. The third kappa shape index (κ3) is 4.85. The van der Waals surface area contributed by atoms with Crippen molar-refractivity contribution >= 4 is 44.8 Å². The van der Waals surface area contributed by atoms with E-state index in [0.29, 0.717) is 28.0 Å². The van der Waals surface area contributed by atoms with Gasteiger partial charge in [0, 0.05) is 17.9 Å². The van der Waals surface area contributed by atoms with Crippen LogP contribution in [0, 0.1) is 0 Å². The molecule has 2 aromatic carbocycles. The van der Waals surface area contributed by atoms with E-state index in [2.05, 4.69) is 20.6 Å². The Kier molecular flexibility index (Phi) is 5.45. The molecule has 10 heteroatoms. The largest absolute Gasteiger partial charge is 0.399 e. The maximum atomic E-state index is 11.7. The maximum absolute atomic E-state index is 11.7. The van der Waals surface area contributed by atoms with E-state index in [1.807, 2.05) is 6.07 Å². The molecule has 8 nitrogen and oxygen atoms in total. The summed E-state index contributed by atoms with van der Waals surface area (Å²) < 4.78 is 23.4. The van der Waals surface area contributed by atoms with Gasteiger partial charge in [0.2, 0.25) is 16.0 Å². The zero-order chi connectivity index (χ0) is 19.4. The van der Waals surface area contributed by atoms with Gasteiger partial charge in [-0.15, -0.1) is 0 Å². The molecule has 1 aromatic heterocycles. The number of nitrogens with zero attached hydrogens (tertiary/aromatic N) is 2. The fourth-order valence-electron chi connectivity index (χ4n) is 2.40. The smallest absolute Gasteiger partial charge is 0.238 e. The summed E-state index contributed by atoms with van der Waals surface area (Å²) in [6.07, 6.45) is 1.44. The van der Waals surface area contributed by atoms with Crippen molar-refractivity contribution < 1.29 is 8.42 Å². The Labute approximate surface area is 161 Å². The molecule has 27 heavy (non-hydrogen) atoms. The predicted molar refractivity (Wildman–Crippen MR) is 106 cm³/mol. The van der Waals surface area contributed by atoms with Crippen molar-refractivity contribution in [2.75, 3.05) is 16.4 Å². The van der Waals surface area contributed by atoms with Gasteiger partial charge < -0.3 is 16.4 Å². The number of nitrogen functional groups attached to an aromatic ring is 1. The summed E-state index contributed by atoms with van der Waals surface area (Å²) in [5.41, 5.74) is 7.58. The third-order valence-corrected chi connectivity index (χ3v) is 4.90. The zero-order valence-electron chi connectivity index (χ0n) is 14.1. The standard InChI is InChI=1S/C17H17ClN6O2S/c18-14-10-22-17(23-13-6-3-5-12(19)8-13)24-16(14)21-9-11-4-1-2-7-15(11)27(20,25)26/h1-8,10H,9,19H2,(H2,20,25,26)(H2,21,22,23,24). The van der Waals surface area contributed by atoms with Gasteiger partial charge in [-0.05, 0) is 29.8 Å². The summed E-state index contributed by atoms with van der Waals surface area (Å²) in [7, 11) is -3.83. The van der Waals surface area contributed by atoms with E-state index in [9.17, 15) is 8.42 Å². The number of nitrogens with two attached hydrogens (primary N) is 2. The molecule has 3 aromatic rings. The van der Waals surface area contributed by atoms with Gasteiger partial charge in [0.1, 0.15) is 5.02 Å². The normalized spacial score (nSPS) is 11.2. The molecular weight excluding hydrogens is 388 g/mol. The summed E-state index contributed by atoms with van der Waals surface area (Å²) in [5.74, 6) is 0.662. The molecule has 0 bridgehead atoms. The maximum Gasteiger partial charge on any atom is 0.238 e. The lowest BCUT2D eigenvalue weighted by molar-refractivity contribution is 0.597. The number of rotatable bonds is 6. The summed E-state index contributed by atoms with van der Waals surface area (Å²) in [5, 5.41) is 11.6. The lowest BCUT2D eigenvalue weighted by atomic mass is 10.2. The van der Waals surface area contributed by atoms with E-state index in [1.54, 1.807) is 36.4 Å². The Hall–Kier alpha value is -2.88. The van der Waals surface area contributed by atoms with Crippen LogP contribution >= 0.6 is 11.6 Å². The van der Waals surface area contributed by atoms with Gasteiger partial charge in [-0.1, -0.05) is 35.9 Å². The number of nitrogens with one attached hydrogen (secondary N) is 2. The van der Waals surface area contributed by atoms with Crippen molar-refractivity contribution in [3.63, 3.8) is 0 Å². The van der Waals surface area contributed by atoms with Crippen LogP contribution in [0.15, 0.2) is 59.6 Å². The van der Waals surface area contributed by atoms with E-state index >= 15 is 0 Å². The Morgan fingerprint density at radius 2 is 1.89 bits per heavy atom. The summed E-state index contributed by atoms with van der Waals surface area (Å²) >= 11 is 6.14. The minimum absolute atomic E-state index is 0.0424. The molecule has 3 rings (SSSR count). The van der Waals surface area contributed by atoms with Gasteiger partial charge in [-0.3, -0.25) is 0 Å². The Bertz CT molecular complexity index is 1070. The number of aromatic nitrogens is 2. The lowest BCUT2D eigenvalue weighted by Gasteiger charge is -2.12. The molecule has 6 N–H and O–H groups in total. The van der Waals surface area contributed by atoms with Crippen molar-refractivity contribution in [2.45, 2.75) is 11.4 Å². The van der Waals surface area contributed by atoms with Crippen molar-refractivity contribution in [1.82, 2.24) is 9.97 Å². The zero-order valence-corrected chi connectivity index (χ0v) is 15.6. The number of hydrogen-bond donors (Lipinski definition) is 4. The average Bonchev–Trinajstić information content (AvgIpc) is 2.62. The highest BCUT2D eigenvalue weighted by Gasteiger charge is 2.14. The van der Waals surface area contributed by atoms with Gasteiger partial charge in [0.25, 0.3) is 0 Å². The first-order valence-corrected chi connectivity index (χ1v) is 9.75. The van der Waals surface area contributed by atoms with Crippen LogP contribution in [0.25, 0.3) is 0 Å². The molecule has 0 fully saturated rings. The van der Waals surface area contributed by atoms with Crippen molar-refractivity contribution in [2.24, 2.45) is 5.14 Å². The number of sulfonamides is 1. The summed E-state index contributed by atoms with van der Waals surface area (Å²) in [6, 6.07) is 13.6. The number of anilines is 4. The van der Waals surface area contributed by atoms with Crippen LogP contribution < -0.4 is 21.5 Å². The van der Waals surface area contributed by atoms with Gasteiger partial charge in [-0.25, -0.2) is 18.5 Å². The highest BCUT2D eigenvalue weighted by atomic mass is 35.5. The summed E-state index contributed by atoms with van der Waals surface area (Å²) in [4.78, 5) is 8.48. The first-order chi connectivity index (χ1) is 12.8. The Balaban J connectivity index is 1.80. The van der Waals surface area contributed by atoms with Crippen LogP contribution in [0.4, 0.5) is 23.1 Å². The Morgan fingerprint density at radius 1 is 1.11 bits per heavy atom. The van der Waals surface area contributed by atoms with Crippen molar-refractivity contribution in [3.05, 3.63) is 65.3 Å². The molecule has 0 radical (unpaired) electrons. The topological polar surface area (TPSA) is 136 Å².